The maximum atomic E-state index is 11.4. The minimum Gasteiger partial charge on any atom is -0.505 e. The maximum Gasteiger partial charge on any atom is 0.224 e. The second kappa shape index (κ2) is 5.89. The standard InChI is InChI=1S/C11H11Cl2NO3/c1-6(15)2-3-10(16)14-7-4-8(12)11(17)9(13)5-7/h4-5,17H,2-3H2,1H3,(H,14,16). The molecule has 0 spiro atoms. The number of carbonyl (C=O) groups is 2. The number of hydrogen-bond donors (Lipinski definition) is 2. The molecule has 0 fully saturated rings. The molecule has 2 N–H and O–H groups in total. The van der Waals surface area contributed by atoms with Crippen LogP contribution in [0.2, 0.25) is 10.0 Å². The summed E-state index contributed by atoms with van der Waals surface area (Å²) in [6, 6.07) is 2.77. The van der Waals surface area contributed by atoms with Crippen LogP contribution in [0.5, 0.6) is 5.75 Å². The van der Waals surface area contributed by atoms with E-state index in [0.717, 1.165) is 0 Å². The molecular formula is C11H11Cl2NO3. The van der Waals surface area contributed by atoms with E-state index in [4.69, 9.17) is 23.2 Å². The van der Waals surface area contributed by atoms with Gasteiger partial charge in [-0.25, -0.2) is 0 Å². The Kier molecular flexibility index (Phi) is 4.78. The van der Waals surface area contributed by atoms with Gasteiger partial charge >= 0.3 is 0 Å². The molecule has 92 valence electrons. The predicted octanol–water partition coefficient (Wildman–Crippen LogP) is 3.01. The molecule has 0 radical (unpaired) electrons. The first-order chi connectivity index (χ1) is 7.90. The summed E-state index contributed by atoms with van der Waals surface area (Å²) in [5.74, 6) is -0.588. The lowest BCUT2D eigenvalue weighted by Crippen LogP contribution is -2.12. The largest absolute Gasteiger partial charge is 0.505 e. The van der Waals surface area contributed by atoms with Gasteiger partial charge in [-0.3, -0.25) is 4.79 Å². The summed E-state index contributed by atoms with van der Waals surface area (Å²) >= 11 is 11.4. The molecular weight excluding hydrogens is 265 g/mol. The molecule has 0 saturated heterocycles. The van der Waals surface area contributed by atoms with E-state index in [2.05, 4.69) is 5.32 Å². The second-order valence-corrected chi connectivity index (χ2v) is 4.35. The highest BCUT2D eigenvalue weighted by atomic mass is 35.5. The van der Waals surface area contributed by atoms with Crippen molar-refractivity contribution in [2.45, 2.75) is 19.8 Å². The zero-order chi connectivity index (χ0) is 13.0. The molecule has 0 unspecified atom stereocenters. The second-order valence-electron chi connectivity index (χ2n) is 3.54. The smallest absolute Gasteiger partial charge is 0.224 e. The number of benzene rings is 1. The lowest BCUT2D eigenvalue weighted by Gasteiger charge is -2.07. The van der Waals surface area contributed by atoms with E-state index in [-0.39, 0.29) is 40.3 Å². The molecule has 1 aromatic rings. The number of nitrogens with one attached hydrogen (secondary N) is 1. The Balaban J connectivity index is 2.69. The quantitative estimate of drug-likeness (QED) is 0.831. The van der Waals surface area contributed by atoms with E-state index < -0.39 is 0 Å². The van der Waals surface area contributed by atoms with Gasteiger partial charge in [-0.15, -0.1) is 0 Å². The average Bonchev–Trinajstić information content (AvgIpc) is 2.23. The molecule has 0 heterocycles. The molecule has 1 rings (SSSR count). The number of phenols is 1. The normalized spacial score (nSPS) is 10.1. The average molecular weight is 276 g/mol. The Morgan fingerprint density at radius 1 is 1.24 bits per heavy atom. The minimum absolute atomic E-state index is 0.0538. The van der Waals surface area contributed by atoms with Gasteiger partial charge in [-0.1, -0.05) is 23.2 Å². The van der Waals surface area contributed by atoms with Crippen molar-refractivity contribution in [3.63, 3.8) is 0 Å². The first-order valence-corrected chi connectivity index (χ1v) is 5.63. The summed E-state index contributed by atoms with van der Waals surface area (Å²) in [7, 11) is 0. The van der Waals surface area contributed by atoms with Gasteiger partial charge < -0.3 is 15.2 Å². The third kappa shape index (κ3) is 4.24. The van der Waals surface area contributed by atoms with Gasteiger partial charge in [0.15, 0.2) is 5.75 Å². The molecule has 4 nitrogen and oxygen atoms in total. The molecule has 1 aromatic carbocycles. The molecule has 0 saturated carbocycles. The number of carbonyl (C=O) groups excluding carboxylic acids is 2. The van der Waals surface area contributed by atoms with Crippen LogP contribution in [0.1, 0.15) is 19.8 Å². The third-order valence-electron chi connectivity index (χ3n) is 2.00. The zero-order valence-corrected chi connectivity index (χ0v) is 10.6. The monoisotopic (exact) mass is 275 g/mol. The summed E-state index contributed by atoms with van der Waals surface area (Å²) in [5.41, 5.74) is 0.381. The van der Waals surface area contributed by atoms with Gasteiger partial charge in [0.05, 0.1) is 10.0 Å². The van der Waals surface area contributed by atoms with Crippen molar-refractivity contribution < 1.29 is 14.7 Å². The van der Waals surface area contributed by atoms with Gasteiger partial charge in [-0.2, -0.15) is 0 Å². The van der Waals surface area contributed by atoms with E-state index in [1.807, 2.05) is 0 Å². The fourth-order valence-corrected chi connectivity index (χ4v) is 1.64. The molecule has 0 aliphatic carbocycles. The maximum absolute atomic E-state index is 11.4. The van der Waals surface area contributed by atoms with Crippen molar-refractivity contribution in [3.05, 3.63) is 22.2 Å². The molecule has 0 aromatic heterocycles. The summed E-state index contributed by atoms with van der Waals surface area (Å²) < 4.78 is 0. The van der Waals surface area contributed by atoms with E-state index in [9.17, 15) is 14.7 Å². The Hall–Kier alpha value is -1.26. The van der Waals surface area contributed by atoms with Gasteiger partial charge in [0, 0.05) is 18.5 Å². The third-order valence-corrected chi connectivity index (χ3v) is 2.58. The van der Waals surface area contributed by atoms with E-state index in [1.54, 1.807) is 0 Å². The van der Waals surface area contributed by atoms with Crippen molar-refractivity contribution in [1.29, 1.82) is 0 Å². The number of amides is 1. The molecule has 0 aliphatic rings. The fourth-order valence-electron chi connectivity index (χ4n) is 1.15. The van der Waals surface area contributed by atoms with Crippen LogP contribution in [-0.4, -0.2) is 16.8 Å². The molecule has 17 heavy (non-hydrogen) atoms. The van der Waals surface area contributed by atoms with Gasteiger partial charge in [-0.05, 0) is 19.1 Å². The van der Waals surface area contributed by atoms with Crippen molar-refractivity contribution in [3.8, 4) is 5.75 Å². The Bertz CT molecular complexity index is 437. The number of Topliss-reactive ketones (excluding diaryl/α,β-unsaturated/α-hetero) is 1. The lowest BCUT2D eigenvalue weighted by molar-refractivity contribution is -0.121. The Morgan fingerprint density at radius 3 is 2.24 bits per heavy atom. The van der Waals surface area contributed by atoms with Crippen molar-refractivity contribution in [2.24, 2.45) is 0 Å². The fraction of sp³-hybridized carbons (Fsp3) is 0.273. The van der Waals surface area contributed by atoms with Crippen LogP contribution in [0.25, 0.3) is 0 Å². The van der Waals surface area contributed by atoms with E-state index >= 15 is 0 Å². The number of anilines is 1. The van der Waals surface area contributed by atoms with E-state index in [1.165, 1.54) is 19.1 Å². The minimum atomic E-state index is -0.307. The summed E-state index contributed by atoms with van der Waals surface area (Å²) in [5, 5.41) is 12.0. The van der Waals surface area contributed by atoms with Gasteiger partial charge in [0.2, 0.25) is 5.91 Å². The van der Waals surface area contributed by atoms with Crippen LogP contribution in [0.3, 0.4) is 0 Å². The number of halogens is 2. The summed E-state index contributed by atoms with van der Waals surface area (Å²) in [4.78, 5) is 22.1. The SMILES string of the molecule is CC(=O)CCC(=O)Nc1cc(Cl)c(O)c(Cl)c1. The van der Waals surface area contributed by atoms with Crippen LogP contribution in [0, 0.1) is 0 Å². The highest BCUT2D eigenvalue weighted by molar-refractivity contribution is 6.37. The molecule has 1 amide bonds. The summed E-state index contributed by atoms with van der Waals surface area (Å²) in [6.07, 6.45) is 0.289. The Labute approximate surface area is 109 Å². The first kappa shape index (κ1) is 13.8. The molecule has 6 heteroatoms. The number of ketones is 1. The van der Waals surface area contributed by atoms with Gasteiger partial charge in [0.1, 0.15) is 5.78 Å². The topological polar surface area (TPSA) is 66.4 Å². The highest BCUT2D eigenvalue weighted by Crippen LogP contribution is 2.34. The van der Waals surface area contributed by atoms with Crippen LogP contribution < -0.4 is 5.32 Å². The van der Waals surface area contributed by atoms with E-state index in [0.29, 0.717) is 5.69 Å². The molecule has 0 aliphatic heterocycles. The van der Waals surface area contributed by atoms with Crippen molar-refractivity contribution >= 4 is 40.6 Å². The number of phenolic OH excluding ortho intramolecular Hbond substituents is 1. The highest BCUT2D eigenvalue weighted by Gasteiger charge is 2.09. The number of aromatic hydroxyl groups is 1. The van der Waals surface area contributed by atoms with Crippen LogP contribution in [0.4, 0.5) is 5.69 Å². The zero-order valence-electron chi connectivity index (χ0n) is 9.09. The number of rotatable bonds is 4. The van der Waals surface area contributed by atoms with Crippen LogP contribution in [0.15, 0.2) is 12.1 Å². The summed E-state index contributed by atoms with van der Waals surface area (Å²) in [6.45, 7) is 1.42. The van der Waals surface area contributed by atoms with Crippen LogP contribution in [-0.2, 0) is 9.59 Å². The Morgan fingerprint density at radius 2 is 1.76 bits per heavy atom. The van der Waals surface area contributed by atoms with Gasteiger partial charge in [0.25, 0.3) is 0 Å². The van der Waals surface area contributed by atoms with Crippen molar-refractivity contribution in [1.82, 2.24) is 0 Å². The van der Waals surface area contributed by atoms with Crippen molar-refractivity contribution in [2.75, 3.05) is 5.32 Å². The predicted molar refractivity (Wildman–Crippen MR) is 66.7 cm³/mol. The molecule has 0 bridgehead atoms. The lowest BCUT2D eigenvalue weighted by atomic mass is 10.2. The number of hydrogen-bond acceptors (Lipinski definition) is 3. The van der Waals surface area contributed by atoms with Crippen LogP contribution >= 0.6 is 23.2 Å². The first-order valence-electron chi connectivity index (χ1n) is 4.87. The molecule has 0 atom stereocenters.